The monoisotopic (exact) mass is 372 g/mol. The standard InChI is InChI=1S/C21H22F2N2O2/c1-3-13(4-2)21(27)25-12-19(26)24-18-10-9-16(23)11-17(18)20(25)14-5-7-15(22)8-6-14/h5-11,13,20H,3-4,12H2,1-2H3,(H,24,26)/t20-/m0/s1. The largest absolute Gasteiger partial charge is 0.324 e. The maximum absolute atomic E-state index is 14.0. The van der Waals surface area contributed by atoms with E-state index in [0.29, 0.717) is 29.7 Å². The number of anilines is 1. The molecule has 0 bridgehead atoms. The summed E-state index contributed by atoms with van der Waals surface area (Å²) in [6.45, 7) is 3.70. The minimum Gasteiger partial charge on any atom is -0.324 e. The molecule has 0 saturated carbocycles. The zero-order valence-corrected chi connectivity index (χ0v) is 15.3. The quantitative estimate of drug-likeness (QED) is 0.871. The van der Waals surface area contributed by atoms with Gasteiger partial charge in [-0.25, -0.2) is 8.78 Å². The lowest BCUT2D eigenvalue weighted by Gasteiger charge is -2.33. The first kappa shape index (κ1) is 19.0. The lowest BCUT2D eigenvalue weighted by atomic mass is 9.93. The van der Waals surface area contributed by atoms with Crippen LogP contribution in [0.25, 0.3) is 0 Å². The normalized spacial score (nSPS) is 16.7. The van der Waals surface area contributed by atoms with E-state index in [9.17, 15) is 18.4 Å². The Morgan fingerprint density at radius 1 is 1.11 bits per heavy atom. The number of hydrogen-bond donors (Lipinski definition) is 1. The van der Waals surface area contributed by atoms with Crippen LogP contribution >= 0.6 is 0 Å². The van der Waals surface area contributed by atoms with Gasteiger partial charge in [0.05, 0.1) is 6.04 Å². The van der Waals surface area contributed by atoms with Gasteiger partial charge in [0.25, 0.3) is 0 Å². The molecule has 3 rings (SSSR count). The second kappa shape index (κ2) is 7.86. The summed E-state index contributed by atoms with van der Waals surface area (Å²) in [7, 11) is 0. The SMILES string of the molecule is CCC(CC)C(=O)N1CC(=O)Nc2ccc(F)cc2[C@@H]1c1ccc(F)cc1. The maximum atomic E-state index is 14.0. The molecule has 1 aliphatic rings. The Bertz CT molecular complexity index is 848. The Balaban J connectivity index is 2.18. The van der Waals surface area contributed by atoms with E-state index in [1.165, 1.54) is 35.2 Å². The van der Waals surface area contributed by atoms with Crippen LogP contribution in [-0.4, -0.2) is 23.3 Å². The van der Waals surface area contributed by atoms with Crippen LogP contribution in [0.15, 0.2) is 42.5 Å². The Hall–Kier alpha value is -2.76. The molecule has 0 aromatic heterocycles. The van der Waals surface area contributed by atoms with Gasteiger partial charge in [-0.2, -0.15) is 0 Å². The van der Waals surface area contributed by atoms with E-state index >= 15 is 0 Å². The van der Waals surface area contributed by atoms with Crippen molar-refractivity contribution in [3.05, 3.63) is 65.2 Å². The van der Waals surface area contributed by atoms with Crippen LogP contribution in [0.5, 0.6) is 0 Å². The highest BCUT2D eigenvalue weighted by molar-refractivity contribution is 5.97. The fourth-order valence-electron chi connectivity index (χ4n) is 3.56. The lowest BCUT2D eigenvalue weighted by Crippen LogP contribution is -2.42. The number of hydrogen-bond acceptors (Lipinski definition) is 2. The van der Waals surface area contributed by atoms with E-state index in [1.807, 2.05) is 13.8 Å². The first-order chi connectivity index (χ1) is 12.9. The zero-order chi connectivity index (χ0) is 19.6. The number of nitrogens with one attached hydrogen (secondary N) is 1. The molecule has 0 unspecified atom stereocenters. The van der Waals surface area contributed by atoms with Gasteiger partial charge in [-0.15, -0.1) is 0 Å². The highest BCUT2D eigenvalue weighted by Crippen LogP contribution is 2.37. The molecule has 2 amide bonds. The van der Waals surface area contributed by atoms with Crippen LogP contribution in [0.3, 0.4) is 0 Å². The van der Waals surface area contributed by atoms with Crippen LogP contribution in [-0.2, 0) is 9.59 Å². The predicted molar refractivity (Wildman–Crippen MR) is 99.1 cm³/mol. The molecule has 0 saturated heterocycles. The first-order valence-electron chi connectivity index (χ1n) is 9.09. The van der Waals surface area contributed by atoms with Gasteiger partial charge in [0, 0.05) is 17.2 Å². The van der Waals surface area contributed by atoms with Crippen LogP contribution < -0.4 is 5.32 Å². The van der Waals surface area contributed by atoms with Crippen LogP contribution in [0.2, 0.25) is 0 Å². The summed E-state index contributed by atoms with van der Waals surface area (Å²) >= 11 is 0. The van der Waals surface area contributed by atoms with Crippen LogP contribution in [0.4, 0.5) is 14.5 Å². The van der Waals surface area contributed by atoms with Crippen LogP contribution in [0, 0.1) is 17.6 Å². The number of benzene rings is 2. The van der Waals surface area contributed by atoms with Crippen molar-refractivity contribution < 1.29 is 18.4 Å². The molecular weight excluding hydrogens is 350 g/mol. The number of rotatable bonds is 4. The molecule has 1 atom stereocenters. The fraction of sp³-hybridized carbons (Fsp3) is 0.333. The molecule has 0 radical (unpaired) electrons. The van der Waals surface area contributed by atoms with Crippen molar-refractivity contribution in [2.45, 2.75) is 32.7 Å². The van der Waals surface area contributed by atoms with Crippen molar-refractivity contribution in [2.75, 3.05) is 11.9 Å². The molecule has 2 aromatic rings. The summed E-state index contributed by atoms with van der Waals surface area (Å²) in [5.41, 5.74) is 1.56. The molecule has 2 aromatic carbocycles. The average Bonchev–Trinajstić information content (AvgIpc) is 2.79. The zero-order valence-electron chi connectivity index (χ0n) is 15.3. The summed E-state index contributed by atoms with van der Waals surface area (Å²) in [4.78, 5) is 27.1. The molecule has 0 aliphatic carbocycles. The minimum absolute atomic E-state index is 0.145. The number of halogens is 2. The van der Waals surface area contributed by atoms with Gasteiger partial charge < -0.3 is 10.2 Å². The van der Waals surface area contributed by atoms with Crippen molar-refractivity contribution in [3.8, 4) is 0 Å². The van der Waals surface area contributed by atoms with Gasteiger partial charge >= 0.3 is 0 Å². The molecule has 4 nitrogen and oxygen atoms in total. The third-order valence-corrected chi connectivity index (χ3v) is 5.01. The smallest absolute Gasteiger partial charge is 0.244 e. The predicted octanol–water partition coefficient (Wildman–Crippen LogP) is 4.27. The summed E-state index contributed by atoms with van der Waals surface area (Å²) in [6.07, 6.45) is 1.28. The van der Waals surface area contributed by atoms with Gasteiger partial charge in [0.1, 0.15) is 18.2 Å². The summed E-state index contributed by atoms with van der Waals surface area (Å²) in [5.74, 6) is -1.62. The number of carbonyl (C=O) groups is 2. The van der Waals surface area contributed by atoms with Crippen LogP contribution in [0.1, 0.15) is 43.9 Å². The lowest BCUT2D eigenvalue weighted by molar-refractivity contribution is -0.140. The third-order valence-electron chi connectivity index (χ3n) is 5.01. The number of amides is 2. The Kier molecular flexibility index (Phi) is 5.54. The highest BCUT2D eigenvalue weighted by Gasteiger charge is 2.35. The van der Waals surface area contributed by atoms with E-state index in [4.69, 9.17) is 0 Å². The molecule has 6 heteroatoms. The van der Waals surface area contributed by atoms with Gasteiger partial charge in [0.15, 0.2) is 0 Å². The second-order valence-electron chi connectivity index (χ2n) is 6.71. The van der Waals surface area contributed by atoms with Gasteiger partial charge in [0.2, 0.25) is 11.8 Å². The number of fused-ring (bicyclic) bond motifs is 1. The summed E-state index contributed by atoms with van der Waals surface area (Å²) in [6, 6.07) is 9.13. The fourth-order valence-corrected chi connectivity index (χ4v) is 3.56. The van der Waals surface area contributed by atoms with E-state index < -0.39 is 17.7 Å². The number of carbonyl (C=O) groups excluding carboxylic acids is 2. The van der Waals surface area contributed by atoms with Crippen molar-refractivity contribution in [2.24, 2.45) is 5.92 Å². The second-order valence-corrected chi connectivity index (χ2v) is 6.71. The topological polar surface area (TPSA) is 49.4 Å². The van der Waals surface area contributed by atoms with Crippen molar-refractivity contribution >= 4 is 17.5 Å². The van der Waals surface area contributed by atoms with E-state index in [0.717, 1.165) is 0 Å². The van der Waals surface area contributed by atoms with Crippen molar-refractivity contribution in [3.63, 3.8) is 0 Å². The minimum atomic E-state index is -0.677. The van der Waals surface area contributed by atoms with E-state index in [2.05, 4.69) is 5.32 Å². The summed E-state index contributed by atoms with van der Waals surface area (Å²) in [5, 5.41) is 2.75. The molecule has 1 aliphatic heterocycles. The molecule has 27 heavy (non-hydrogen) atoms. The van der Waals surface area contributed by atoms with E-state index in [-0.39, 0.29) is 24.3 Å². The van der Waals surface area contributed by atoms with Gasteiger partial charge in [-0.3, -0.25) is 9.59 Å². The molecular formula is C21H22F2N2O2. The number of nitrogens with zero attached hydrogens (tertiary/aromatic N) is 1. The molecule has 0 spiro atoms. The first-order valence-corrected chi connectivity index (χ1v) is 9.09. The average molecular weight is 372 g/mol. The van der Waals surface area contributed by atoms with E-state index in [1.54, 1.807) is 12.1 Å². The third kappa shape index (κ3) is 3.84. The van der Waals surface area contributed by atoms with Crippen molar-refractivity contribution in [1.82, 2.24) is 4.90 Å². The molecule has 1 heterocycles. The summed E-state index contributed by atoms with van der Waals surface area (Å²) < 4.78 is 27.5. The highest BCUT2D eigenvalue weighted by atomic mass is 19.1. The van der Waals surface area contributed by atoms with Gasteiger partial charge in [-0.05, 0) is 48.7 Å². The Morgan fingerprint density at radius 2 is 1.74 bits per heavy atom. The Labute approximate surface area is 157 Å². The van der Waals surface area contributed by atoms with Crippen molar-refractivity contribution in [1.29, 1.82) is 0 Å². The Morgan fingerprint density at radius 3 is 2.37 bits per heavy atom. The molecule has 0 fully saturated rings. The molecule has 1 N–H and O–H groups in total. The van der Waals surface area contributed by atoms with Gasteiger partial charge in [-0.1, -0.05) is 26.0 Å². The maximum Gasteiger partial charge on any atom is 0.244 e. The molecule has 142 valence electrons.